The average molecular weight is 311 g/mol. The maximum absolute atomic E-state index is 12.3. The summed E-state index contributed by atoms with van der Waals surface area (Å²) < 4.78 is 0. The molecule has 0 aromatic heterocycles. The third-order valence-corrected chi connectivity index (χ3v) is 5.36. The van der Waals surface area contributed by atoms with E-state index in [9.17, 15) is 4.79 Å². The second-order valence-corrected chi connectivity index (χ2v) is 6.45. The highest BCUT2D eigenvalue weighted by atomic mass is 32.2. The molecule has 0 saturated carbocycles. The zero-order valence-electron chi connectivity index (χ0n) is 13.1. The molecule has 0 radical (unpaired) electrons. The van der Waals surface area contributed by atoms with E-state index >= 15 is 0 Å². The lowest BCUT2D eigenvalue weighted by Gasteiger charge is -2.19. The average Bonchev–Trinajstić information content (AvgIpc) is 2.88. The van der Waals surface area contributed by atoms with Gasteiger partial charge in [0.25, 0.3) is 5.24 Å². The van der Waals surface area contributed by atoms with Crippen LogP contribution < -0.4 is 0 Å². The number of rotatable bonds is 4. The third-order valence-electron chi connectivity index (χ3n) is 4.36. The molecular formula is C19H21NOS. The molecule has 1 aliphatic carbocycles. The van der Waals surface area contributed by atoms with E-state index < -0.39 is 0 Å². The van der Waals surface area contributed by atoms with Gasteiger partial charge in [0.2, 0.25) is 0 Å². The second-order valence-electron chi connectivity index (χ2n) is 5.48. The van der Waals surface area contributed by atoms with E-state index in [0.29, 0.717) is 5.92 Å². The molecule has 0 bridgehead atoms. The summed E-state index contributed by atoms with van der Waals surface area (Å²) in [5.74, 6) is 1.13. The molecule has 0 fully saturated rings. The van der Waals surface area contributed by atoms with Gasteiger partial charge in [0.1, 0.15) is 0 Å². The Labute approximate surface area is 136 Å². The second kappa shape index (κ2) is 6.57. The van der Waals surface area contributed by atoms with Gasteiger partial charge in [0.05, 0.1) is 0 Å². The lowest BCUT2D eigenvalue weighted by molar-refractivity contribution is 0.228. The van der Waals surface area contributed by atoms with Gasteiger partial charge in [-0.05, 0) is 36.1 Å². The van der Waals surface area contributed by atoms with E-state index in [0.717, 1.165) is 18.8 Å². The molecule has 2 aromatic carbocycles. The van der Waals surface area contributed by atoms with Crippen LogP contribution in [0.3, 0.4) is 0 Å². The number of hydrogen-bond donors (Lipinski definition) is 0. The van der Waals surface area contributed by atoms with Crippen molar-refractivity contribution in [3.05, 3.63) is 59.7 Å². The third kappa shape index (κ3) is 2.66. The zero-order chi connectivity index (χ0) is 15.5. The van der Waals surface area contributed by atoms with Crippen LogP contribution in [0.2, 0.25) is 0 Å². The molecule has 0 unspecified atom stereocenters. The number of benzene rings is 2. The Hall–Kier alpha value is -1.74. The van der Waals surface area contributed by atoms with Crippen molar-refractivity contribution in [2.75, 3.05) is 18.8 Å². The van der Waals surface area contributed by atoms with Crippen LogP contribution in [0.4, 0.5) is 4.79 Å². The maximum Gasteiger partial charge on any atom is 0.281 e. The van der Waals surface area contributed by atoms with Crippen molar-refractivity contribution in [3.8, 4) is 11.1 Å². The molecule has 2 aromatic rings. The molecule has 0 aliphatic heterocycles. The van der Waals surface area contributed by atoms with Gasteiger partial charge in [-0.3, -0.25) is 4.79 Å². The first-order chi connectivity index (χ1) is 10.8. The largest absolute Gasteiger partial charge is 0.334 e. The standard InChI is InChI=1S/C19H21NOS/c1-3-20(4-2)19(21)22-13-18-16-11-7-5-9-14(16)15-10-6-8-12-17(15)18/h5-12,18H,3-4,13H2,1-2H3. The minimum absolute atomic E-state index is 0.187. The number of fused-ring (bicyclic) bond motifs is 3. The summed E-state index contributed by atoms with van der Waals surface area (Å²) in [4.78, 5) is 14.2. The van der Waals surface area contributed by atoms with Crippen molar-refractivity contribution >= 4 is 17.0 Å². The summed E-state index contributed by atoms with van der Waals surface area (Å²) in [6, 6.07) is 17.1. The summed E-state index contributed by atoms with van der Waals surface area (Å²) >= 11 is 1.45. The number of hydrogen-bond acceptors (Lipinski definition) is 2. The van der Waals surface area contributed by atoms with Crippen LogP contribution in [0.25, 0.3) is 11.1 Å². The van der Waals surface area contributed by atoms with E-state index in [1.165, 1.54) is 34.0 Å². The van der Waals surface area contributed by atoms with Gasteiger partial charge < -0.3 is 4.90 Å². The van der Waals surface area contributed by atoms with Gasteiger partial charge in [-0.25, -0.2) is 0 Å². The lowest BCUT2D eigenvalue weighted by atomic mass is 9.99. The number of nitrogens with zero attached hydrogens (tertiary/aromatic N) is 1. The Bertz CT molecular complexity index is 633. The molecule has 0 saturated heterocycles. The zero-order valence-corrected chi connectivity index (χ0v) is 13.9. The summed E-state index contributed by atoms with van der Waals surface area (Å²) in [5, 5.41) is 0.187. The van der Waals surface area contributed by atoms with Crippen molar-refractivity contribution < 1.29 is 4.79 Å². The maximum atomic E-state index is 12.3. The number of carbonyl (C=O) groups is 1. The summed E-state index contributed by atoms with van der Waals surface area (Å²) in [6.07, 6.45) is 0. The summed E-state index contributed by atoms with van der Waals surface area (Å²) in [6.45, 7) is 5.62. The lowest BCUT2D eigenvalue weighted by Crippen LogP contribution is -2.27. The predicted octanol–water partition coefficient (Wildman–Crippen LogP) is 4.99. The topological polar surface area (TPSA) is 20.3 Å². The smallest absolute Gasteiger partial charge is 0.281 e. The Kier molecular flexibility index (Phi) is 4.53. The fourth-order valence-electron chi connectivity index (χ4n) is 3.17. The van der Waals surface area contributed by atoms with Gasteiger partial charge >= 0.3 is 0 Å². The van der Waals surface area contributed by atoms with Crippen LogP contribution in [0.1, 0.15) is 30.9 Å². The molecule has 1 amide bonds. The van der Waals surface area contributed by atoms with Crippen molar-refractivity contribution in [1.82, 2.24) is 4.90 Å². The van der Waals surface area contributed by atoms with Crippen molar-refractivity contribution in [2.45, 2.75) is 19.8 Å². The van der Waals surface area contributed by atoms with E-state index in [2.05, 4.69) is 48.5 Å². The van der Waals surface area contributed by atoms with Crippen LogP contribution in [-0.4, -0.2) is 29.0 Å². The first kappa shape index (κ1) is 15.2. The molecule has 3 heteroatoms. The molecule has 3 rings (SSSR count). The fraction of sp³-hybridized carbons (Fsp3) is 0.316. The Morgan fingerprint density at radius 1 is 0.955 bits per heavy atom. The van der Waals surface area contributed by atoms with E-state index in [1.807, 2.05) is 18.7 Å². The predicted molar refractivity (Wildman–Crippen MR) is 94.5 cm³/mol. The Morgan fingerprint density at radius 3 is 1.95 bits per heavy atom. The van der Waals surface area contributed by atoms with Crippen molar-refractivity contribution in [3.63, 3.8) is 0 Å². The van der Waals surface area contributed by atoms with Gasteiger partial charge in [-0.2, -0.15) is 0 Å². The molecule has 0 spiro atoms. The van der Waals surface area contributed by atoms with E-state index in [4.69, 9.17) is 0 Å². The van der Waals surface area contributed by atoms with Gasteiger partial charge in [-0.1, -0.05) is 60.3 Å². The van der Waals surface area contributed by atoms with E-state index in [1.54, 1.807) is 0 Å². The van der Waals surface area contributed by atoms with Crippen molar-refractivity contribution in [2.24, 2.45) is 0 Å². The highest BCUT2D eigenvalue weighted by molar-refractivity contribution is 8.13. The molecule has 2 nitrogen and oxygen atoms in total. The summed E-state index contributed by atoms with van der Waals surface area (Å²) in [7, 11) is 0. The number of amides is 1. The minimum atomic E-state index is 0.187. The molecule has 0 N–H and O–H groups in total. The monoisotopic (exact) mass is 311 g/mol. The van der Waals surface area contributed by atoms with Crippen molar-refractivity contribution in [1.29, 1.82) is 0 Å². The van der Waals surface area contributed by atoms with Crippen LogP contribution in [0, 0.1) is 0 Å². The quantitative estimate of drug-likeness (QED) is 0.792. The van der Waals surface area contributed by atoms with Crippen LogP contribution in [0.15, 0.2) is 48.5 Å². The van der Waals surface area contributed by atoms with Crippen LogP contribution >= 0.6 is 11.8 Å². The van der Waals surface area contributed by atoms with Gasteiger partial charge in [-0.15, -0.1) is 0 Å². The highest BCUT2D eigenvalue weighted by Gasteiger charge is 2.28. The SMILES string of the molecule is CCN(CC)C(=O)SCC1c2ccccc2-c2ccccc21. The first-order valence-electron chi connectivity index (χ1n) is 7.86. The molecule has 22 heavy (non-hydrogen) atoms. The molecule has 0 atom stereocenters. The normalized spacial score (nSPS) is 12.8. The highest BCUT2D eigenvalue weighted by Crippen LogP contribution is 2.45. The first-order valence-corrected chi connectivity index (χ1v) is 8.84. The molecule has 0 heterocycles. The number of thioether (sulfide) groups is 1. The summed E-state index contributed by atoms with van der Waals surface area (Å²) in [5.41, 5.74) is 5.34. The van der Waals surface area contributed by atoms with Gasteiger partial charge in [0.15, 0.2) is 0 Å². The Balaban J connectivity index is 1.84. The van der Waals surface area contributed by atoms with E-state index in [-0.39, 0.29) is 5.24 Å². The Morgan fingerprint density at radius 2 is 1.45 bits per heavy atom. The molecule has 1 aliphatic rings. The number of carbonyl (C=O) groups excluding carboxylic acids is 1. The minimum Gasteiger partial charge on any atom is -0.334 e. The van der Waals surface area contributed by atoms with Crippen LogP contribution in [-0.2, 0) is 0 Å². The molecule has 114 valence electrons. The van der Waals surface area contributed by atoms with Crippen LogP contribution in [0.5, 0.6) is 0 Å². The molecular weight excluding hydrogens is 290 g/mol. The van der Waals surface area contributed by atoms with Gasteiger partial charge in [0, 0.05) is 24.8 Å². The fourth-order valence-corrected chi connectivity index (χ4v) is 4.28.